The maximum atomic E-state index is 11.1. The summed E-state index contributed by atoms with van der Waals surface area (Å²) < 4.78 is 49.1. The van der Waals surface area contributed by atoms with Gasteiger partial charge in [0, 0.05) is 0 Å². The van der Waals surface area contributed by atoms with Crippen LogP contribution in [0.25, 0.3) is 0 Å². The van der Waals surface area contributed by atoms with Gasteiger partial charge in [-0.25, -0.2) is 0 Å². The van der Waals surface area contributed by atoms with Gasteiger partial charge in [-0.05, 0) is 0 Å². The second-order valence-electron chi connectivity index (χ2n) is 13.9. The molecule has 0 radical (unpaired) electrons. The molecule has 0 aromatic carbocycles. The Morgan fingerprint density at radius 3 is 0.821 bits per heavy atom. The number of rotatable bonds is 13. The van der Waals surface area contributed by atoms with Crippen LogP contribution in [0.2, 0.25) is 0 Å². The summed E-state index contributed by atoms with van der Waals surface area (Å²) in [6, 6.07) is 0. The van der Waals surface area contributed by atoms with Crippen molar-refractivity contribution in [3.8, 4) is 0 Å². The van der Waals surface area contributed by atoms with Gasteiger partial charge >= 0.3 is 0 Å². The molecule has 0 aromatic heterocycles. The third-order valence-corrected chi connectivity index (χ3v) is 10.3. The largest absolute Gasteiger partial charge is 0.394 e. The molecule has 5 rings (SSSR count). The van der Waals surface area contributed by atoms with Crippen LogP contribution >= 0.6 is 0 Å². The minimum Gasteiger partial charge on any atom is -0.394 e. The zero-order valence-electron chi connectivity index (χ0n) is 29.2. The predicted molar refractivity (Wildman–Crippen MR) is 167 cm³/mol. The van der Waals surface area contributed by atoms with Crippen LogP contribution in [0.4, 0.5) is 0 Å². The van der Waals surface area contributed by atoms with Crippen molar-refractivity contribution in [2.75, 3.05) is 33.0 Å². The smallest absolute Gasteiger partial charge is 0.187 e. The average Bonchev–Trinajstić information content (AvgIpc) is 3.19. The first-order valence-electron chi connectivity index (χ1n) is 17.6. The Kier molecular flexibility index (Phi) is 16.1. The van der Waals surface area contributed by atoms with Crippen molar-refractivity contribution in [2.45, 2.75) is 154 Å². The molecule has 0 spiro atoms. The fourth-order valence-corrected chi connectivity index (χ4v) is 7.03. The van der Waals surface area contributed by atoms with Gasteiger partial charge in [0.05, 0.1) is 33.0 Å². The molecule has 5 saturated heterocycles. The van der Waals surface area contributed by atoms with Gasteiger partial charge in [0.15, 0.2) is 31.5 Å². The molecule has 26 heteroatoms. The molecule has 0 aromatic rings. The molecule has 5 fully saturated rings. The summed E-state index contributed by atoms with van der Waals surface area (Å²) >= 11 is 0. The normalized spacial score (nSPS) is 53.2. The van der Waals surface area contributed by atoms with E-state index in [1.54, 1.807) is 0 Å². The maximum absolute atomic E-state index is 11.1. The van der Waals surface area contributed by atoms with Crippen LogP contribution in [0.5, 0.6) is 0 Å². The maximum Gasteiger partial charge on any atom is 0.187 e. The fourth-order valence-electron chi connectivity index (χ4n) is 7.03. The van der Waals surface area contributed by atoms with E-state index in [1.807, 2.05) is 0 Å². The third kappa shape index (κ3) is 9.16. The van der Waals surface area contributed by atoms with E-state index in [0.29, 0.717) is 0 Å². The zero-order valence-corrected chi connectivity index (χ0v) is 29.2. The molecule has 0 aliphatic carbocycles. The van der Waals surface area contributed by atoms with E-state index in [9.17, 15) is 86.8 Å². The number of aliphatic hydroxyl groups is 17. The Balaban J connectivity index is 1.22. The van der Waals surface area contributed by atoms with Crippen molar-refractivity contribution < 1.29 is 129 Å². The molecule has 0 bridgehead atoms. The lowest BCUT2D eigenvalue weighted by Crippen LogP contribution is -2.68. The molecule has 5 aliphatic heterocycles. The van der Waals surface area contributed by atoms with E-state index in [4.69, 9.17) is 42.6 Å². The second kappa shape index (κ2) is 19.6. The van der Waals surface area contributed by atoms with Crippen LogP contribution in [0.1, 0.15) is 0 Å². The van der Waals surface area contributed by atoms with Gasteiger partial charge in [0.1, 0.15) is 122 Å². The summed E-state index contributed by atoms with van der Waals surface area (Å²) in [7, 11) is 0. The molecule has 5 heterocycles. The summed E-state index contributed by atoms with van der Waals surface area (Å²) in [6.45, 7) is -4.51. The average molecular weight is 829 g/mol. The number of ether oxygens (including phenoxy) is 9. The fraction of sp³-hybridized carbons (Fsp3) is 1.00. The highest BCUT2D eigenvalue weighted by Gasteiger charge is 2.56. The molecule has 0 saturated carbocycles. The van der Waals surface area contributed by atoms with Crippen LogP contribution in [-0.2, 0) is 42.6 Å². The van der Waals surface area contributed by atoms with Crippen molar-refractivity contribution in [3.63, 3.8) is 0 Å². The first kappa shape index (κ1) is 46.0. The Morgan fingerprint density at radius 2 is 0.518 bits per heavy atom. The molecule has 5 aliphatic rings. The topological polar surface area (TPSA) is 427 Å². The molecule has 328 valence electrons. The molecule has 26 nitrogen and oxygen atoms in total. The first-order valence-corrected chi connectivity index (χ1v) is 17.6. The molecule has 17 N–H and O–H groups in total. The molecule has 56 heavy (non-hydrogen) atoms. The zero-order chi connectivity index (χ0) is 41.3. The Morgan fingerprint density at radius 1 is 0.268 bits per heavy atom. The van der Waals surface area contributed by atoms with Gasteiger partial charge < -0.3 is 129 Å². The highest BCUT2D eigenvalue weighted by Crippen LogP contribution is 2.35. The molecule has 25 atom stereocenters. The van der Waals surface area contributed by atoms with E-state index in [1.165, 1.54) is 0 Å². The third-order valence-electron chi connectivity index (χ3n) is 10.3. The Hall–Kier alpha value is -1.04. The lowest BCUT2D eigenvalue weighted by molar-refractivity contribution is -0.392. The van der Waals surface area contributed by atoms with Gasteiger partial charge in [-0.3, -0.25) is 0 Å². The van der Waals surface area contributed by atoms with E-state index in [-0.39, 0.29) is 0 Å². The summed E-state index contributed by atoms with van der Waals surface area (Å²) in [5, 5.41) is 176. The van der Waals surface area contributed by atoms with E-state index in [0.717, 1.165) is 0 Å². The molecular weight excluding hydrogens is 776 g/mol. The summed E-state index contributed by atoms with van der Waals surface area (Å²) in [4.78, 5) is 0. The van der Waals surface area contributed by atoms with Gasteiger partial charge in [-0.1, -0.05) is 0 Å². The van der Waals surface area contributed by atoms with Gasteiger partial charge in [-0.2, -0.15) is 0 Å². The highest BCUT2D eigenvalue weighted by molar-refractivity contribution is 4.99. The number of hydrogen-bond acceptors (Lipinski definition) is 26. The minimum absolute atomic E-state index is 0.811. The van der Waals surface area contributed by atoms with Crippen molar-refractivity contribution in [1.82, 2.24) is 0 Å². The molecule has 1 unspecified atom stereocenters. The van der Waals surface area contributed by atoms with Crippen molar-refractivity contribution >= 4 is 0 Å². The lowest BCUT2D eigenvalue weighted by atomic mass is 9.95. The highest BCUT2D eigenvalue weighted by atomic mass is 16.8. The monoisotopic (exact) mass is 828 g/mol. The predicted octanol–water partition coefficient (Wildman–Crippen LogP) is -11.9. The van der Waals surface area contributed by atoms with Gasteiger partial charge in [0.2, 0.25) is 0 Å². The standard InChI is InChI=1S/C30H52O26/c31-1-6-11(36)12(37)18(43)27(49-6)54-23-8(3-33)51-29(20(45)14(23)39)56-25-10(5-35)52-30(21(46)16(25)41)55-24-9(4-34)50-28(19(44)15(24)40)53-22-7(2-32)48-26(47)17(42)13(22)38/h6-47H,1-5H2/t6-,7-,8-,9-,10-,11-,12+,13-,14-,15-,16-,17+,18+,19+,20+,21+,22-,23-,24-,25-,26?,27+,28+,29+,30+/m1/s1. The van der Waals surface area contributed by atoms with Crippen LogP contribution < -0.4 is 0 Å². The number of hydrogen-bond donors (Lipinski definition) is 17. The molecular formula is C30H52O26. The van der Waals surface area contributed by atoms with Crippen LogP contribution in [0.3, 0.4) is 0 Å². The van der Waals surface area contributed by atoms with E-state index in [2.05, 4.69) is 0 Å². The Bertz CT molecular complexity index is 1200. The van der Waals surface area contributed by atoms with Crippen molar-refractivity contribution in [2.24, 2.45) is 0 Å². The summed E-state index contributed by atoms with van der Waals surface area (Å²) in [5.74, 6) is 0. The van der Waals surface area contributed by atoms with Gasteiger partial charge in [0.25, 0.3) is 0 Å². The molecule has 0 amide bonds. The van der Waals surface area contributed by atoms with E-state index < -0.39 is 187 Å². The van der Waals surface area contributed by atoms with Crippen LogP contribution in [0, 0.1) is 0 Å². The van der Waals surface area contributed by atoms with Crippen LogP contribution in [0.15, 0.2) is 0 Å². The summed E-state index contributed by atoms with van der Waals surface area (Å²) in [5.41, 5.74) is 0. The first-order chi connectivity index (χ1) is 26.5. The summed E-state index contributed by atoms with van der Waals surface area (Å²) in [6.07, 6.45) is -45.8. The SMILES string of the molecule is OC[C@H]1O[C@@H](O[C@H]2[C@H](O)[C@H](O)[C@H](O[C@H]3[C@H](O)[C@H](O)[C@H](O[C@H]4[C@H](O)[C@H](O)[C@H](O[C@H]5[C@H](O)[C@H](O)C(O)O[C@@H]5CO)O[C@@H]4CO)O[C@@H]3CO)O[C@@H]2CO)[C@@H](O)[C@@H](O)[C@@H]1O. The van der Waals surface area contributed by atoms with Crippen molar-refractivity contribution in [1.29, 1.82) is 0 Å². The van der Waals surface area contributed by atoms with Crippen molar-refractivity contribution in [3.05, 3.63) is 0 Å². The quantitative estimate of drug-likeness (QED) is 0.0819. The van der Waals surface area contributed by atoms with E-state index >= 15 is 0 Å². The van der Waals surface area contributed by atoms with Crippen LogP contribution in [-0.4, -0.2) is 273 Å². The van der Waals surface area contributed by atoms with Gasteiger partial charge in [-0.15, -0.1) is 0 Å². The lowest BCUT2D eigenvalue weighted by Gasteiger charge is -2.49. The number of aliphatic hydroxyl groups excluding tert-OH is 17. The second-order valence-corrected chi connectivity index (χ2v) is 13.9. The Labute approximate surface area is 316 Å². The minimum atomic E-state index is -2.12.